The van der Waals surface area contributed by atoms with Crippen LogP contribution in [0.5, 0.6) is 0 Å². The Morgan fingerprint density at radius 3 is 2.33 bits per heavy atom. The molecule has 0 amide bonds. The lowest BCUT2D eigenvalue weighted by Crippen LogP contribution is -2.49. The molecule has 0 bridgehead atoms. The molecule has 1 aromatic rings. The van der Waals surface area contributed by atoms with Crippen LogP contribution in [0, 0.1) is 5.82 Å². The fraction of sp³-hybridized carbons (Fsp3) is 0.571. The Hall–Kier alpha value is -0.970. The summed E-state index contributed by atoms with van der Waals surface area (Å²) in [5.74, 6) is -0.182. The van der Waals surface area contributed by atoms with Gasteiger partial charge in [-0.25, -0.2) is 4.39 Å². The van der Waals surface area contributed by atoms with Crippen LogP contribution in [0.15, 0.2) is 24.3 Å². The highest BCUT2D eigenvalue weighted by Gasteiger charge is 2.43. The molecule has 0 spiro atoms. The highest BCUT2D eigenvalue weighted by Crippen LogP contribution is 2.39. The zero-order valence-corrected chi connectivity index (χ0v) is 10.9. The van der Waals surface area contributed by atoms with Gasteiger partial charge in [0.1, 0.15) is 5.82 Å². The molecule has 1 heterocycles. The van der Waals surface area contributed by atoms with Gasteiger partial charge in [-0.15, -0.1) is 0 Å². The number of halogens is 1. The van der Waals surface area contributed by atoms with E-state index in [2.05, 4.69) is 5.32 Å². The topological polar surface area (TPSA) is 30.5 Å². The number of methoxy groups -OCH3 is 2. The van der Waals surface area contributed by atoms with Crippen LogP contribution in [0.1, 0.15) is 18.4 Å². The summed E-state index contributed by atoms with van der Waals surface area (Å²) >= 11 is 0. The van der Waals surface area contributed by atoms with E-state index < -0.39 is 11.7 Å². The number of rotatable bonds is 4. The maximum Gasteiger partial charge on any atom is 0.166 e. The van der Waals surface area contributed by atoms with Crippen molar-refractivity contribution >= 4 is 0 Å². The zero-order valence-electron chi connectivity index (χ0n) is 10.9. The smallest absolute Gasteiger partial charge is 0.166 e. The van der Waals surface area contributed by atoms with E-state index in [0.717, 1.165) is 25.9 Å². The van der Waals surface area contributed by atoms with Gasteiger partial charge in [-0.3, -0.25) is 0 Å². The largest absolute Gasteiger partial charge is 0.355 e. The summed E-state index contributed by atoms with van der Waals surface area (Å²) in [6.45, 7) is 1.69. The van der Waals surface area contributed by atoms with Crippen molar-refractivity contribution in [2.24, 2.45) is 0 Å². The first-order chi connectivity index (χ1) is 8.74. The second-order valence-corrected chi connectivity index (χ2v) is 4.69. The van der Waals surface area contributed by atoms with Crippen LogP contribution in [0.3, 0.4) is 0 Å². The molecule has 100 valence electrons. The van der Waals surface area contributed by atoms with Crippen LogP contribution in [0.2, 0.25) is 0 Å². The normalized spacial score (nSPS) is 19.1. The van der Waals surface area contributed by atoms with Crippen molar-refractivity contribution in [2.75, 3.05) is 27.3 Å². The van der Waals surface area contributed by atoms with Crippen molar-refractivity contribution in [3.05, 3.63) is 35.6 Å². The number of hydrogen-bond donors (Lipinski definition) is 1. The van der Waals surface area contributed by atoms with E-state index in [0.29, 0.717) is 5.56 Å². The van der Waals surface area contributed by atoms with Crippen LogP contribution in [-0.4, -0.2) is 33.6 Å². The third kappa shape index (κ3) is 2.28. The van der Waals surface area contributed by atoms with E-state index in [9.17, 15) is 4.39 Å². The Labute approximate surface area is 107 Å². The van der Waals surface area contributed by atoms with Crippen LogP contribution >= 0.6 is 0 Å². The molecular weight excluding hydrogens is 233 g/mol. The number of nitrogens with one attached hydrogen (secondary N) is 1. The minimum atomic E-state index is -0.420. The standard InChI is InChI=1S/C14H20FNO2/c1-17-13(18-2)14(7-9-16-10-8-14)11-5-3-4-6-12(11)15/h3-6,13,16H,7-10H2,1-2H3. The Morgan fingerprint density at radius 1 is 1.17 bits per heavy atom. The van der Waals surface area contributed by atoms with E-state index in [1.807, 2.05) is 12.1 Å². The Bertz CT molecular complexity index is 387. The molecule has 1 N–H and O–H groups in total. The highest BCUT2D eigenvalue weighted by atomic mass is 19.1. The fourth-order valence-corrected chi connectivity index (χ4v) is 2.92. The molecule has 1 aliphatic rings. The first kappa shape index (κ1) is 13.5. The Balaban J connectivity index is 2.44. The van der Waals surface area contributed by atoms with Gasteiger partial charge in [0, 0.05) is 14.2 Å². The molecule has 4 heteroatoms. The molecule has 0 aromatic heterocycles. The number of hydrogen-bond acceptors (Lipinski definition) is 3. The number of piperidine rings is 1. The Kier molecular flexibility index (Phi) is 4.32. The van der Waals surface area contributed by atoms with Gasteiger partial charge >= 0.3 is 0 Å². The summed E-state index contributed by atoms with van der Waals surface area (Å²) in [7, 11) is 3.22. The summed E-state index contributed by atoms with van der Waals surface area (Å²) in [6.07, 6.45) is 1.19. The zero-order chi connectivity index (χ0) is 13.0. The molecule has 1 aliphatic heterocycles. The summed E-state index contributed by atoms with van der Waals surface area (Å²) in [5, 5.41) is 3.30. The summed E-state index contributed by atoms with van der Waals surface area (Å²) < 4.78 is 25.0. The molecule has 0 radical (unpaired) electrons. The third-order valence-electron chi connectivity index (χ3n) is 3.79. The lowest BCUT2D eigenvalue weighted by molar-refractivity contribution is -0.157. The monoisotopic (exact) mass is 253 g/mol. The average molecular weight is 253 g/mol. The molecule has 0 saturated carbocycles. The van der Waals surface area contributed by atoms with Crippen molar-refractivity contribution in [3.8, 4) is 0 Å². The predicted octanol–water partition coefficient (Wildman–Crippen LogP) is 2.07. The van der Waals surface area contributed by atoms with Gasteiger partial charge in [-0.2, -0.15) is 0 Å². The molecule has 0 aliphatic carbocycles. The van der Waals surface area contributed by atoms with E-state index in [-0.39, 0.29) is 5.82 Å². The summed E-state index contributed by atoms with van der Waals surface area (Å²) in [5.41, 5.74) is 0.292. The fourth-order valence-electron chi connectivity index (χ4n) is 2.92. The van der Waals surface area contributed by atoms with Crippen molar-refractivity contribution in [1.29, 1.82) is 0 Å². The second-order valence-electron chi connectivity index (χ2n) is 4.69. The molecule has 1 saturated heterocycles. The quantitative estimate of drug-likeness (QED) is 0.833. The second kappa shape index (κ2) is 5.78. The first-order valence-corrected chi connectivity index (χ1v) is 6.26. The van der Waals surface area contributed by atoms with Gasteiger partial charge in [-0.1, -0.05) is 18.2 Å². The van der Waals surface area contributed by atoms with Crippen LogP contribution in [0.25, 0.3) is 0 Å². The minimum Gasteiger partial charge on any atom is -0.355 e. The van der Waals surface area contributed by atoms with Crippen LogP contribution in [-0.2, 0) is 14.9 Å². The lowest BCUT2D eigenvalue weighted by atomic mass is 9.72. The van der Waals surface area contributed by atoms with Crippen molar-refractivity contribution in [3.63, 3.8) is 0 Å². The SMILES string of the molecule is COC(OC)C1(c2ccccc2F)CCNCC1. The molecule has 2 rings (SSSR count). The first-order valence-electron chi connectivity index (χ1n) is 6.26. The van der Waals surface area contributed by atoms with E-state index in [1.54, 1.807) is 20.3 Å². The summed E-state index contributed by atoms with van der Waals surface area (Å²) in [4.78, 5) is 0. The Morgan fingerprint density at radius 2 is 1.78 bits per heavy atom. The van der Waals surface area contributed by atoms with Crippen LogP contribution in [0.4, 0.5) is 4.39 Å². The van der Waals surface area contributed by atoms with Gasteiger partial charge in [-0.05, 0) is 37.6 Å². The van der Waals surface area contributed by atoms with Gasteiger partial charge in [0.15, 0.2) is 6.29 Å². The minimum absolute atomic E-state index is 0.182. The predicted molar refractivity (Wildman–Crippen MR) is 68.0 cm³/mol. The maximum atomic E-state index is 14.1. The maximum absolute atomic E-state index is 14.1. The van der Waals surface area contributed by atoms with Gasteiger partial charge in [0.05, 0.1) is 5.41 Å². The molecule has 3 nitrogen and oxygen atoms in total. The lowest BCUT2D eigenvalue weighted by Gasteiger charge is -2.42. The van der Waals surface area contributed by atoms with E-state index in [1.165, 1.54) is 6.07 Å². The molecule has 0 atom stereocenters. The molecule has 18 heavy (non-hydrogen) atoms. The molecule has 0 unspecified atom stereocenters. The molecule has 1 aromatic carbocycles. The average Bonchev–Trinajstić information content (AvgIpc) is 2.41. The highest BCUT2D eigenvalue weighted by molar-refractivity contribution is 5.29. The van der Waals surface area contributed by atoms with Crippen molar-refractivity contribution in [2.45, 2.75) is 24.5 Å². The molecule has 1 fully saturated rings. The van der Waals surface area contributed by atoms with Gasteiger partial charge in [0.2, 0.25) is 0 Å². The number of ether oxygens (including phenoxy) is 2. The van der Waals surface area contributed by atoms with Gasteiger partial charge in [0.25, 0.3) is 0 Å². The van der Waals surface area contributed by atoms with Gasteiger partial charge < -0.3 is 14.8 Å². The van der Waals surface area contributed by atoms with Crippen molar-refractivity contribution < 1.29 is 13.9 Å². The van der Waals surface area contributed by atoms with E-state index in [4.69, 9.17) is 9.47 Å². The van der Waals surface area contributed by atoms with Crippen molar-refractivity contribution in [1.82, 2.24) is 5.32 Å². The molecular formula is C14H20FNO2. The summed E-state index contributed by atoms with van der Waals surface area (Å²) in [6, 6.07) is 6.92. The van der Waals surface area contributed by atoms with Crippen LogP contribution < -0.4 is 5.32 Å². The van der Waals surface area contributed by atoms with E-state index >= 15 is 0 Å². The number of benzene rings is 1. The third-order valence-corrected chi connectivity index (χ3v) is 3.79.